The zero-order valence-electron chi connectivity index (χ0n) is 8.00. The minimum Gasteiger partial charge on any atom is -0.332 e. The van der Waals surface area contributed by atoms with E-state index in [2.05, 4.69) is 29.7 Å². The van der Waals surface area contributed by atoms with Crippen molar-refractivity contribution in [3.8, 4) is 12.3 Å². The summed E-state index contributed by atoms with van der Waals surface area (Å²) in [6, 6.07) is 0.358. The first kappa shape index (κ1) is 10.4. The lowest BCUT2D eigenvalue weighted by molar-refractivity contribution is 0.171. The topological polar surface area (TPSA) is 18.8 Å². The number of nitrogens with zero attached hydrogens (tertiary/aromatic N) is 3. The summed E-state index contributed by atoms with van der Waals surface area (Å²) in [6.07, 6.45) is 5.22. The van der Waals surface area contributed by atoms with Crippen molar-refractivity contribution in [1.29, 1.82) is 0 Å². The number of amidine groups is 1. The molecular weight excluding hydrogens is 186 g/mol. The molecule has 0 unspecified atom stereocenters. The van der Waals surface area contributed by atoms with Gasteiger partial charge in [-0.2, -0.15) is 0 Å². The van der Waals surface area contributed by atoms with Gasteiger partial charge in [-0.05, 0) is 25.4 Å². The summed E-state index contributed by atoms with van der Waals surface area (Å²) in [4.78, 5) is 8.25. The van der Waals surface area contributed by atoms with Crippen molar-refractivity contribution in [2.75, 3.05) is 19.9 Å². The van der Waals surface area contributed by atoms with Crippen LogP contribution in [0.4, 0.5) is 0 Å². The molecule has 0 radical (unpaired) electrons. The van der Waals surface area contributed by atoms with Crippen molar-refractivity contribution < 1.29 is 0 Å². The van der Waals surface area contributed by atoms with Crippen LogP contribution in [0.3, 0.4) is 0 Å². The normalized spacial score (nSPS) is 18.7. The first-order valence-corrected chi connectivity index (χ1v) is 4.65. The highest BCUT2D eigenvalue weighted by Crippen LogP contribution is 2.10. The highest BCUT2D eigenvalue weighted by molar-refractivity contribution is 6.64. The molecule has 0 aromatic rings. The minimum absolute atomic E-state index is 0.358. The number of aliphatic imine (C=N–C) groups is 1. The largest absolute Gasteiger partial charge is 0.332 e. The molecule has 0 N–H and O–H groups in total. The van der Waals surface area contributed by atoms with Crippen LogP contribution in [0, 0.1) is 12.3 Å². The van der Waals surface area contributed by atoms with E-state index in [9.17, 15) is 0 Å². The van der Waals surface area contributed by atoms with E-state index >= 15 is 0 Å². The summed E-state index contributed by atoms with van der Waals surface area (Å²) in [5.74, 6) is 2.60. The molecular formula is C9H14ClN3. The van der Waals surface area contributed by atoms with E-state index in [4.69, 9.17) is 18.0 Å². The molecule has 0 aliphatic carbocycles. The number of hydrogen-bond donors (Lipinski definition) is 0. The maximum absolute atomic E-state index is 5.94. The average Bonchev–Trinajstić information content (AvgIpc) is 2.08. The van der Waals surface area contributed by atoms with Gasteiger partial charge in [-0.25, -0.2) is 4.99 Å². The van der Waals surface area contributed by atoms with Crippen LogP contribution in [0.5, 0.6) is 0 Å². The smallest absolute Gasteiger partial charge is 0.196 e. The lowest BCUT2D eigenvalue weighted by Crippen LogP contribution is -2.47. The van der Waals surface area contributed by atoms with Gasteiger partial charge in [-0.3, -0.25) is 4.90 Å². The lowest BCUT2D eigenvalue weighted by atomic mass is 10.3. The molecule has 1 aliphatic rings. The zero-order chi connectivity index (χ0) is 9.84. The van der Waals surface area contributed by atoms with Gasteiger partial charge in [0.05, 0.1) is 19.9 Å². The van der Waals surface area contributed by atoms with Gasteiger partial charge in [0.25, 0.3) is 0 Å². The van der Waals surface area contributed by atoms with Crippen molar-refractivity contribution in [1.82, 2.24) is 9.80 Å². The second-order valence-corrected chi connectivity index (χ2v) is 3.64. The Bertz CT molecular complexity index is 242. The Morgan fingerprint density at radius 1 is 1.69 bits per heavy atom. The second kappa shape index (κ2) is 4.50. The van der Waals surface area contributed by atoms with Crippen molar-refractivity contribution in [3.05, 3.63) is 0 Å². The van der Waals surface area contributed by atoms with Gasteiger partial charge in [0.1, 0.15) is 0 Å². The van der Waals surface area contributed by atoms with Crippen LogP contribution in [-0.4, -0.2) is 41.0 Å². The van der Waals surface area contributed by atoms with Crippen LogP contribution in [0.1, 0.15) is 13.8 Å². The highest BCUT2D eigenvalue weighted by Gasteiger charge is 2.20. The quantitative estimate of drug-likeness (QED) is 0.491. The van der Waals surface area contributed by atoms with Crippen molar-refractivity contribution in [2.24, 2.45) is 4.99 Å². The van der Waals surface area contributed by atoms with Crippen LogP contribution in [0.2, 0.25) is 0 Å². The molecule has 0 aromatic heterocycles. The van der Waals surface area contributed by atoms with Crippen molar-refractivity contribution in [3.63, 3.8) is 0 Å². The molecule has 0 saturated carbocycles. The molecule has 13 heavy (non-hydrogen) atoms. The fourth-order valence-electron chi connectivity index (χ4n) is 1.17. The third kappa shape index (κ3) is 2.61. The van der Waals surface area contributed by atoms with Crippen LogP contribution >= 0.6 is 11.6 Å². The predicted octanol–water partition coefficient (Wildman–Crippen LogP) is 1.16. The monoisotopic (exact) mass is 199 g/mol. The Hall–Kier alpha value is -0.720. The third-order valence-electron chi connectivity index (χ3n) is 1.93. The number of rotatable bonds is 2. The Labute approximate surface area is 84.4 Å². The Balaban J connectivity index is 2.61. The molecule has 1 heterocycles. The Morgan fingerprint density at radius 3 is 2.92 bits per heavy atom. The highest BCUT2D eigenvalue weighted by atomic mass is 35.5. The summed E-state index contributed by atoms with van der Waals surface area (Å²) in [5, 5.41) is 0.586. The molecule has 0 spiro atoms. The van der Waals surface area contributed by atoms with Gasteiger partial charge in [0.15, 0.2) is 5.29 Å². The first-order valence-electron chi connectivity index (χ1n) is 4.27. The van der Waals surface area contributed by atoms with Gasteiger partial charge < -0.3 is 4.90 Å². The third-order valence-corrected chi connectivity index (χ3v) is 2.27. The second-order valence-electron chi connectivity index (χ2n) is 3.31. The van der Waals surface area contributed by atoms with E-state index in [1.165, 1.54) is 0 Å². The van der Waals surface area contributed by atoms with Crippen LogP contribution in [-0.2, 0) is 0 Å². The van der Waals surface area contributed by atoms with Crippen LogP contribution in [0.25, 0.3) is 0 Å². The van der Waals surface area contributed by atoms with E-state index in [1.807, 2.05) is 4.90 Å². The minimum atomic E-state index is 0.358. The molecule has 0 aromatic carbocycles. The maximum atomic E-state index is 5.94. The molecule has 4 heteroatoms. The lowest BCUT2D eigenvalue weighted by Gasteiger charge is -2.35. The summed E-state index contributed by atoms with van der Waals surface area (Å²) >= 11 is 5.94. The SMILES string of the molecule is C#CCN1CN=C(Cl)N(C(C)C)C1. The summed E-state index contributed by atoms with van der Waals surface area (Å²) in [5.41, 5.74) is 0. The number of hydrogen-bond acceptors (Lipinski definition) is 3. The van der Waals surface area contributed by atoms with Crippen LogP contribution < -0.4 is 0 Å². The fourth-order valence-corrected chi connectivity index (χ4v) is 1.48. The Morgan fingerprint density at radius 2 is 2.38 bits per heavy atom. The van der Waals surface area contributed by atoms with E-state index in [1.54, 1.807) is 0 Å². The molecule has 0 saturated heterocycles. The maximum Gasteiger partial charge on any atom is 0.196 e. The Kier molecular flexibility index (Phi) is 3.58. The standard InChI is InChI=1S/C9H14ClN3/c1-4-5-12-6-11-9(10)13(7-12)8(2)3/h1,8H,5-7H2,2-3H3. The van der Waals surface area contributed by atoms with Crippen molar-refractivity contribution in [2.45, 2.75) is 19.9 Å². The van der Waals surface area contributed by atoms with Gasteiger partial charge in [-0.15, -0.1) is 6.42 Å². The van der Waals surface area contributed by atoms with Crippen LogP contribution in [0.15, 0.2) is 4.99 Å². The van der Waals surface area contributed by atoms with Gasteiger partial charge in [0.2, 0.25) is 0 Å². The van der Waals surface area contributed by atoms with Gasteiger partial charge >= 0.3 is 0 Å². The molecule has 0 bridgehead atoms. The van der Waals surface area contributed by atoms with E-state index in [-0.39, 0.29) is 0 Å². The average molecular weight is 200 g/mol. The summed E-state index contributed by atoms with van der Waals surface area (Å²) in [6.45, 7) is 6.15. The molecule has 3 nitrogen and oxygen atoms in total. The predicted molar refractivity (Wildman–Crippen MR) is 55.5 cm³/mol. The van der Waals surface area contributed by atoms with E-state index < -0.39 is 0 Å². The molecule has 0 atom stereocenters. The zero-order valence-corrected chi connectivity index (χ0v) is 8.75. The molecule has 72 valence electrons. The molecule has 1 rings (SSSR count). The summed E-state index contributed by atoms with van der Waals surface area (Å²) < 4.78 is 0. The first-order chi connectivity index (χ1) is 6.15. The summed E-state index contributed by atoms with van der Waals surface area (Å²) in [7, 11) is 0. The number of halogens is 1. The van der Waals surface area contributed by atoms with Gasteiger partial charge in [0, 0.05) is 6.04 Å². The van der Waals surface area contributed by atoms with Crippen molar-refractivity contribution >= 4 is 16.9 Å². The molecule has 0 fully saturated rings. The number of terminal acetylenes is 1. The molecule has 1 aliphatic heterocycles. The molecule has 0 amide bonds. The van der Waals surface area contributed by atoms with Gasteiger partial charge in [-0.1, -0.05) is 5.92 Å². The van der Waals surface area contributed by atoms with E-state index in [0.29, 0.717) is 24.6 Å². The fraction of sp³-hybridized carbons (Fsp3) is 0.667. The van der Waals surface area contributed by atoms with E-state index in [0.717, 1.165) is 6.67 Å².